The number of anilines is 1. The molecule has 0 bridgehead atoms. The van der Waals surface area contributed by atoms with E-state index in [0.29, 0.717) is 13.0 Å². The Hall–Kier alpha value is -1.88. The van der Waals surface area contributed by atoms with Gasteiger partial charge in [0.2, 0.25) is 5.91 Å². The van der Waals surface area contributed by atoms with Crippen LogP contribution in [0.3, 0.4) is 0 Å². The van der Waals surface area contributed by atoms with Crippen LogP contribution >= 0.6 is 0 Å². The van der Waals surface area contributed by atoms with Gasteiger partial charge in [-0.15, -0.1) is 0 Å². The summed E-state index contributed by atoms with van der Waals surface area (Å²) in [4.78, 5) is 29.6. The Bertz CT molecular complexity index is 763. The second kappa shape index (κ2) is 4.39. The number of aliphatic hydroxyl groups excluding tert-OH is 1. The molecule has 3 saturated heterocycles. The maximum Gasteiger partial charge on any atom is 0.254 e. The number of fused-ring (bicyclic) bond motifs is 3. The quantitative estimate of drug-likeness (QED) is 0.859. The van der Waals surface area contributed by atoms with Crippen LogP contribution in [0.1, 0.15) is 50.5 Å². The molecule has 4 aliphatic rings. The average Bonchev–Trinajstić information content (AvgIpc) is 3.03. The predicted molar refractivity (Wildman–Crippen MR) is 88.3 cm³/mol. The number of rotatable bonds is 1. The zero-order chi connectivity index (χ0) is 16.7. The summed E-state index contributed by atoms with van der Waals surface area (Å²) in [6.45, 7) is 2.80. The second-order valence-electron chi connectivity index (χ2n) is 7.66. The highest BCUT2D eigenvalue weighted by molar-refractivity contribution is 6.03. The molecule has 4 atom stereocenters. The molecule has 1 N–H and O–H groups in total. The number of aliphatic hydroxyl groups is 1. The number of carbonyl (C=O) groups excluding carboxylic acids is 2. The Morgan fingerprint density at radius 1 is 1.25 bits per heavy atom. The number of piperidine rings is 2. The molecule has 1 unspecified atom stereocenters. The summed E-state index contributed by atoms with van der Waals surface area (Å²) >= 11 is 0. The van der Waals surface area contributed by atoms with E-state index in [-0.39, 0.29) is 23.1 Å². The van der Waals surface area contributed by atoms with Crippen LogP contribution in [0, 0.1) is 5.41 Å². The number of hydrogen-bond acceptors (Lipinski definition) is 3. The highest BCUT2D eigenvalue weighted by Gasteiger charge is 2.76. The normalized spacial score (nSPS) is 39.8. The molecule has 5 nitrogen and oxygen atoms in total. The van der Waals surface area contributed by atoms with Crippen LogP contribution in [0.5, 0.6) is 0 Å². The van der Waals surface area contributed by atoms with Crippen molar-refractivity contribution in [1.29, 1.82) is 0 Å². The molecule has 5 rings (SSSR count). The van der Waals surface area contributed by atoms with Crippen molar-refractivity contribution in [3.05, 3.63) is 29.8 Å². The molecular formula is C19H22N2O3. The summed E-state index contributed by atoms with van der Waals surface area (Å²) in [6, 6.07) is 7.83. The molecule has 24 heavy (non-hydrogen) atoms. The standard InChI is InChI=1S/C19H22N2O3/c1-2-18-9-5-11-20-17(24)16(23)15-12-6-3-4-7-13(12)21(19(15,18)20)14(22)8-10-18/h3-4,6-7,15-16,23H,2,5,8-11H2,1H3/t15-,16-,18?,19+/m1/s1. The third-order valence-electron chi connectivity index (χ3n) is 7.09. The lowest BCUT2D eigenvalue weighted by atomic mass is 9.58. The number of carbonyl (C=O) groups is 2. The van der Waals surface area contributed by atoms with Crippen LogP contribution < -0.4 is 4.90 Å². The summed E-state index contributed by atoms with van der Waals surface area (Å²) in [5.41, 5.74) is 1.02. The van der Waals surface area contributed by atoms with Gasteiger partial charge in [-0.05, 0) is 37.3 Å². The van der Waals surface area contributed by atoms with Gasteiger partial charge >= 0.3 is 0 Å². The van der Waals surface area contributed by atoms with Crippen molar-refractivity contribution in [2.75, 3.05) is 11.4 Å². The highest BCUT2D eigenvalue weighted by atomic mass is 16.3. The molecule has 0 radical (unpaired) electrons. The molecule has 3 fully saturated rings. The van der Waals surface area contributed by atoms with Crippen LogP contribution in [-0.2, 0) is 9.59 Å². The molecule has 0 aromatic heterocycles. The lowest BCUT2D eigenvalue weighted by Crippen LogP contribution is -2.73. The maximum atomic E-state index is 13.0. The van der Waals surface area contributed by atoms with E-state index >= 15 is 0 Å². The van der Waals surface area contributed by atoms with Crippen molar-refractivity contribution in [3.8, 4) is 0 Å². The Kier molecular flexibility index (Phi) is 2.65. The van der Waals surface area contributed by atoms with Crippen molar-refractivity contribution in [1.82, 2.24) is 4.90 Å². The minimum Gasteiger partial charge on any atom is -0.382 e. The van der Waals surface area contributed by atoms with E-state index in [1.54, 1.807) is 0 Å². The fourth-order valence-electron chi connectivity index (χ4n) is 6.24. The van der Waals surface area contributed by atoms with E-state index in [1.165, 1.54) is 0 Å². The van der Waals surface area contributed by atoms with E-state index < -0.39 is 11.8 Å². The topological polar surface area (TPSA) is 60.9 Å². The van der Waals surface area contributed by atoms with E-state index in [2.05, 4.69) is 6.92 Å². The fourth-order valence-corrected chi connectivity index (χ4v) is 6.24. The van der Waals surface area contributed by atoms with Gasteiger partial charge in [0, 0.05) is 24.1 Å². The molecule has 5 heteroatoms. The van der Waals surface area contributed by atoms with Gasteiger partial charge in [0.25, 0.3) is 5.91 Å². The minimum absolute atomic E-state index is 0.0859. The zero-order valence-electron chi connectivity index (χ0n) is 13.9. The van der Waals surface area contributed by atoms with E-state index in [9.17, 15) is 14.7 Å². The highest BCUT2D eigenvalue weighted by Crippen LogP contribution is 2.68. The second-order valence-corrected chi connectivity index (χ2v) is 7.66. The lowest BCUT2D eigenvalue weighted by molar-refractivity contribution is -0.151. The molecule has 1 aromatic carbocycles. The van der Waals surface area contributed by atoms with Gasteiger partial charge in [0.15, 0.2) is 0 Å². The van der Waals surface area contributed by atoms with Crippen LogP contribution in [0.25, 0.3) is 0 Å². The molecule has 2 amide bonds. The van der Waals surface area contributed by atoms with Crippen molar-refractivity contribution in [2.24, 2.45) is 5.41 Å². The first-order chi connectivity index (χ1) is 11.6. The Morgan fingerprint density at radius 3 is 2.83 bits per heavy atom. The average molecular weight is 326 g/mol. The smallest absolute Gasteiger partial charge is 0.254 e. The van der Waals surface area contributed by atoms with Gasteiger partial charge in [-0.25, -0.2) is 0 Å². The number of para-hydroxylation sites is 1. The van der Waals surface area contributed by atoms with Gasteiger partial charge in [0.1, 0.15) is 11.8 Å². The van der Waals surface area contributed by atoms with Crippen molar-refractivity contribution in [2.45, 2.75) is 56.7 Å². The zero-order valence-corrected chi connectivity index (χ0v) is 13.9. The number of hydrogen-bond donors (Lipinski definition) is 1. The first-order valence-corrected chi connectivity index (χ1v) is 9.00. The Morgan fingerprint density at radius 2 is 2.04 bits per heavy atom. The lowest BCUT2D eigenvalue weighted by Gasteiger charge is -2.62. The molecule has 1 spiro atoms. The summed E-state index contributed by atoms with van der Waals surface area (Å²) in [5.74, 6) is -0.444. The molecule has 0 saturated carbocycles. The number of benzene rings is 1. The van der Waals surface area contributed by atoms with Gasteiger partial charge in [-0.1, -0.05) is 25.1 Å². The van der Waals surface area contributed by atoms with Crippen molar-refractivity contribution < 1.29 is 14.7 Å². The first kappa shape index (κ1) is 14.5. The number of amides is 2. The van der Waals surface area contributed by atoms with Crippen LogP contribution in [0.2, 0.25) is 0 Å². The van der Waals surface area contributed by atoms with Gasteiger partial charge in [0.05, 0.1) is 5.92 Å². The van der Waals surface area contributed by atoms with E-state index in [0.717, 1.165) is 36.9 Å². The minimum atomic E-state index is -1.05. The Labute approximate surface area is 141 Å². The summed E-state index contributed by atoms with van der Waals surface area (Å²) < 4.78 is 0. The molecule has 126 valence electrons. The van der Waals surface area contributed by atoms with E-state index in [4.69, 9.17) is 0 Å². The van der Waals surface area contributed by atoms with Crippen molar-refractivity contribution >= 4 is 17.5 Å². The summed E-state index contributed by atoms with van der Waals surface area (Å²) in [6.07, 6.45) is 3.14. The fraction of sp³-hybridized carbons (Fsp3) is 0.579. The molecule has 1 aromatic rings. The molecule has 4 aliphatic heterocycles. The monoisotopic (exact) mass is 326 g/mol. The van der Waals surface area contributed by atoms with Crippen LogP contribution in [-0.4, -0.2) is 40.1 Å². The molecular weight excluding hydrogens is 304 g/mol. The SMILES string of the molecule is CCC12CCCN3C(=O)[C@H](O)[C@H]4c5ccccc5N(C(=O)CC1)[C@]432. The van der Waals surface area contributed by atoms with Gasteiger partial charge in [-0.2, -0.15) is 0 Å². The largest absolute Gasteiger partial charge is 0.382 e. The summed E-state index contributed by atoms with van der Waals surface area (Å²) in [7, 11) is 0. The Balaban J connectivity index is 1.87. The molecule has 4 heterocycles. The van der Waals surface area contributed by atoms with Crippen LogP contribution in [0.15, 0.2) is 24.3 Å². The van der Waals surface area contributed by atoms with E-state index in [1.807, 2.05) is 34.1 Å². The number of nitrogens with zero attached hydrogens (tertiary/aromatic N) is 2. The van der Waals surface area contributed by atoms with Crippen molar-refractivity contribution in [3.63, 3.8) is 0 Å². The predicted octanol–water partition coefficient (Wildman–Crippen LogP) is 2.00. The summed E-state index contributed by atoms with van der Waals surface area (Å²) in [5, 5.41) is 10.9. The first-order valence-electron chi connectivity index (χ1n) is 9.00. The van der Waals surface area contributed by atoms with Gasteiger partial charge in [-0.3, -0.25) is 14.5 Å². The third kappa shape index (κ3) is 1.27. The van der Waals surface area contributed by atoms with Crippen LogP contribution in [0.4, 0.5) is 5.69 Å². The third-order valence-corrected chi connectivity index (χ3v) is 7.09. The molecule has 0 aliphatic carbocycles. The maximum absolute atomic E-state index is 13.0. The van der Waals surface area contributed by atoms with Gasteiger partial charge < -0.3 is 10.0 Å².